The van der Waals surface area contributed by atoms with Crippen LogP contribution in [0.1, 0.15) is 29.4 Å². The van der Waals surface area contributed by atoms with Crippen molar-refractivity contribution in [1.82, 2.24) is 20.0 Å². The summed E-state index contributed by atoms with van der Waals surface area (Å²) in [6, 6.07) is 7.89. The van der Waals surface area contributed by atoms with Gasteiger partial charge in [0.15, 0.2) is 0 Å². The van der Waals surface area contributed by atoms with Crippen LogP contribution >= 0.6 is 12.4 Å². The molecular formula is C18H24ClFN4O2. The topological polar surface area (TPSA) is 59.4 Å². The van der Waals surface area contributed by atoms with E-state index in [1.807, 2.05) is 10.9 Å². The normalized spacial score (nSPS) is 16.6. The SMILES string of the molecule is CN(CCOc1ccc(F)cc1)C(=O)c1ccn(C2CCCNC2)n1.Cl. The van der Waals surface area contributed by atoms with Gasteiger partial charge >= 0.3 is 0 Å². The number of nitrogens with one attached hydrogen (secondary N) is 1. The Hall–Kier alpha value is -2.12. The van der Waals surface area contributed by atoms with Crippen molar-refractivity contribution in [3.05, 3.63) is 48.0 Å². The monoisotopic (exact) mass is 382 g/mol. The first kappa shape index (κ1) is 20.2. The van der Waals surface area contributed by atoms with Crippen molar-refractivity contribution in [2.24, 2.45) is 0 Å². The summed E-state index contributed by atoms with van der Waals surface area (Å²) in [5.41, 5.74) is 0.440. The molecule has 142 valence electrons. The van der Waals surface area contributed by atoms with Gasteiger partial charge in [-0.25, -0.2) is 4.39 Å². The Kier molecular flexibility index (Phi) is 7.41. The zero-order chi connectivity index (χ0) is 17.6. The third kappa shape index (κ3) is 5.19. The predicted octanol–water partition coefficient (Wildman–Crippen LogP) is 2.52. The Labute approximate surface area is 158 Å². The second-order valence-electron chi connectivity index (χ2n) is 6.21. The summed E-state index contributed by atoms with van der Waals surface area (Å²) in [5.74, 6) is 0.143. The number of benzene rings is 1. The van der Waals surface area contributed by atoms with Gasteiger partial charge in [0, 0.05) is 19.8 Å². The molecule has 26 heavy (non-hydrogen) atoms. The van der Waals surface area contributed by atoms with Crippen LogP contribution in [-0.2, 0) is 0 Å². The largest absolute Gasteiger partial charge is 0.492 e. The number of aromatic nitrogens is 2. The van der Waals surface area contributed by atoms with Crippen LogP contribution < -0.4 is 10.1 Å². The molecule has 1 atom stereocenters. The summed E-state index contributed by atoms with van der Waals surface area (Å²) < 4.78 is 20.2. The van der Waals surface area contributed by atoms with Crippen LogP contribution in [0.15, 0.2) is 36.5 Å². The minimum Gasteiger partial charge on any atom is -0.492 e. The molecule has 1 N–H and O–H groups in total. The van der Waals surface area contributed by atoms with E-state index in [0.29, 0.717) is 30.6 Å². The fourth-order valence-corrected chi connectivity index (χ4v) is 2.84. The van der Waals surface area contributed by atoms with Gasteiger partial charge in [-0.3, -0.25) is 9.48 Å². The maximum absolute atomic E-state index is 12.8. The number of likely N-dealkylation sites (N-methyl/N-ethyl adjacent to an activating group) is 1. The first-order chi connectivity index (χ1) is 12.1. The highest BCUT2D eigenvalue weighted by Crippen LogP contribution is 2.16. The molecule has 1 aromatic carbocycles. The standard InChI is InChI=1S/C18H23FN4O2.ClH/c1-22(11-12-25-16-6-4-14(19)5-7-16)18(24)17-8-10-23(21-17)15-3-2-9-20-13-15;/h4-8,10,15,20H,2-3,9,11-13H2,1H3;1H. The summed E-state index contributed by atoms with van der Waals surface area (Å²) >= 11 is 0. The molecule has 0 radical (unpaired) electrons. The molecule has 1 saturated heterocycles. The summed E-state index contributed by atoms with van der Waals surface area (Å²) in [7, 11) is 1.72. The van der Waals surface area contributed by atoms with Gasteiger partial charge < -0.3 is 15.0 Å². The molecular weight excluding hydrogens is 359 g/mol. The zero-order valence-electron chi connectivity index (χ0n) is 14.7. The van der Waals surface area contributed by atoms with Gasteiger partial charge in [0.2, 0.25) is 0 Å². The fraction of sp³-hybridized carbons (Fsp3) is 0.444. The van der Waals surface area contributed by atoms with Crippen molar-refractivity contribution in [2.75, 3.05) is 33.3 Å². The van der Waals surface area contributed by atoms with Crippen molar-refractivity contribution < 1.29 is 13.9 Å². The van der Waals surface area contributed by atoms with Crippen LogP contribution in [0.5, 0.6) is 5.75 Å². The molecule has 0 aliphatic carbocycles. The van der Waals surface area contributed by atoms with Crippen LogP contribution in [0.2, 0.25) is 0 Å². The lowest BCUT2D eigenvalue weighted by Crippen LogP contribution is -2.33. The first-order valence-electron chi connectivity index (χ1n) is 8.53. The molecule has 1 aliphatic heterocycles. The zero-order valence-corrected chi connectivity index (χ0v) is 15.5. The van der Waals surface area contributed by atoms with Crippen LogP contribution in [-0.4, -0.2) is 53.9 Å². The number of hydrogen-bond donors (Lipinski definition) is 1. The van der Waals surface area contributed by atoms with E-state index in [9.17, 15) is 9.18 Å². The van der Waals surface area contributed by atoms with Crippen LogP contribution in [0, 0.1) is 5.82 Å². The molecule has 1 fully saturated rings. The number of carbonyl (C=O) groups excluding carboxylic acids is 1. The number of nitrogens with zero attached hydrogens (tertiary/aromatic N) is 3. The van der Waals surface area contributed by atoms with Gasteiger partial charge in [-0.15, -0.1) is 12.4 Å². The van der Waals surface area contributed by atoms with E-state index in [0.717, 1.165) is 25.9 Å². The van der Waals surface area contributed by atoms with Crippen LogP contribution in [0.4, 0.5) is 4.39 Å². The Morgan fingerprint density at radius 1 is 1.38 bits per heavy atom. The first-order valence-corrected chi connectivity index (χ1v) is 8.53. The van der Waals surface area contributed by atoms with E-state index in [1.54, 1.807) is 30.1 Å². The highest BCUT2D eigenvalue weighted by molar-refractivity contribution is 5.92. The van der Waals surface area contributed by atoms with E-state index in [2.05, 4.69) is 10.4 Å². The van der Waals surface area contributed by atoms with Gasteiger partial charge in [-0.1, -0.05) is 0 Å². The second kappa shape index (κ2) is 9.54. The Bertz CT molecular complexity index is 701. The van der Waals surface area contributed by atoms with Crippen molar-refractivity contribution in [3.8, 4) is 5.75 Å². The number of carbonyl (C=O) groups is 1. The van der Waals surface area contributed by atoms with Crippen molar-refractivity contribution >= 4 is 18.3 Å². The smallest absolute Gasteiger partial charge is 0.274 e. The highest BCUT2D eigenvalue weighted by Gasteiger charge is 2.19. The van der Waals surface area contributed by atoms with E-state index < -0.39 is 0 Å². The van der Waals surface area contributed by atoms with Gasteiger partial charge in [0.1, 0.15) is 23.9 Å². The Morgan fingerprint density at radius 2 is 2.15 bits per heavy atom. The highest BCUT2D eigenvalue weighted by atomic mass is 35.5. The molecule has 1 aliphatic rings. The van der Waals surface area contributed by atoms with Gasteiger partial charge in [-0.05, 0) is 49.7 Å². The molecule has 0 saturated carbocycles. The number of piperidine rings is 1. The maximum atomic E-state index is 12.8. The van der Waals surface area contributed by atoms with E-state index in [-0.39, 0.29) is 24.1 Å². The maximum Gasteiger partial charge on any atom is 0.274 e. The quantitative estimate of drug-likeness (QED) is 0.834. The molecule has 3 rings (SSSR count). The van der Waals surface area contributed by atoms with Gasteiger partial charge in [-0.2, -0.15) is 5.10 Å². The van der Waals surface area contributed by atoms with Crippen LogP contribution in [0.25, 0.3) is 0 Å². The van der Waals surface area contributed by atoms with Crippen molar-refractivity contribution in [2.45, 2.75) is 18.9 Å². The lowest BCUT2D eigenvalue weighted by molar-refractivity contribution is 0.0766. The third-order valence-corrected chi connectivity index (χ3v) is 4.33. The van der Waals surface area contributed by atoms with Gasteiger partial charge in [0.25, 0.3) is 5.91 Å². The minimum absolute atomic E-state index is 0. The molecule has 8 heteroatoms. The Balaban J connectivity index is 0.00000243. The molecule has 0 spiro atoms. The Morgan fingerprint density at radius 3 is 2.85 bits per heavy atom. The molecule has 2 heterocycles. The van der Waals surface area contributed by atoms with Crippen molar-refractivity contribution in [1.29, 1.82) is 0 Å². The summed E-state index contributed by atoms with van der Waals surface area (Å²) in [6.07, 6.45) is 4.06. The van der Waals surface area contributed by atoms with E-state index in [1.165, 1.54) is 12.1 Å². The second-order valence-corrected chi connectivity index (χ2v) is 6.21. The minimum atomic E-state index is -0.302. The fourth-order valence-electron chi connectivity index (χ4n) is 2.84. The molecule has 1 aromatic heterocycles. The number of hydrogen-bond acceptors (Lipinski definition) is 4. The predicted molar refractivity (Wildman–Crippen MR) is 99.5 cm³/mol. The average Bonchev–Trinajstić information content (AvgIpc) is 3.13. The summed E-state index contributed by atoms with van der Waals surface area (Å²) in [5, 5.41) is 7.78. The molecule has 1 amide bonds. The van der Waals surface area contributed by atoms with Crippen molar-refractivity contribution in [3.63, 3.8) is 0 Å². The number of halogens is 2. The summed E-state index contributed by atoms with van der Waals surface area (Å²) in [6.45, 7) is 2.69. The summed E-state index contributed by atoms with van der Waals surface area (Å²) in [4.78, 5) is 14.0. The van der Waals surface area contributed by atoms with E-state index in [4.69, 9.17) is 4.74 Å². The number of rotatable bonds is 6. The lowest BCUT2D eigenvalue weighted by atomic mass is 10.1. The lowest BCUT2D eigenvalue weighted by Gasteiger charge is -2.23. The van der Waals surface area contributed by atoms with E-state index >= 15 is 0 Å². The van der Waals surface area contributed by atoms with Gasteiger partial charge in [0.05, 0.1) is 12.6 Å². The molecule has 6 nitrogen and oxygen atoms in total. The molecule has 2 aromatic rings. The molecule has 1 unspecified atom stereocenters. The van der Waals surface area contributed by atoms with Crippen LogP contribution in [0.3, 0.4) is 0 Å². The average molecular weight is 383 g/mol. The third-order valence-electron chi connectivity index (χ3n) is 4.33. The number of amides is 1. The molecule has 0 bridgehead atoms. The number of ether oxygens (including phenoxy) is 1.